The van der Waals surface area contributed by atoms with Crippen LogP contribution in [0.2, 0.25) is 0 Å². The predicted octanol–water partition coefficient (Wildman–Crippen LogP) is 3.02. The van der Waals surface area contributed by atoms with Gasteiger partial charge in [0.05, 0.1) is 0 Å². The summed E-state index contributed by atoms with van der Waals surface area (Å²) in [5.41, 5.74) is 2.76. The van der Waals surface area contributed by atoms with Gasteiger partial charge >= 0.3 is 12.1 Å². The number of benzene rings is 2. The van der Waals surface area contributed by atoms with Crippen molar-refractivity contribution in [2.75, 3.05) is 6.54 Å². The normalized spacial score (nSPS) is 12.0. The summed E-state index contributed by atoms with van der Waals surface area (Å²) in [6.45, 7) is 6.00. The van der Waals surface area contributed by atoms with Gasteiger partial charge in [0.15, 0.2) is 0 Å². The fourth-order valence-electron chi connectivity index (χ4n) is 2.75. The summed E-state index contributed by atoms with van der Waals surface area (Å²) >= 11 is 0. The number of ether oxygens (including phenoxy) is 1. The second-order valence-corrected chi connectivity index (χ2v) is 8.02. The van der Waals surface area contributed by atoms with Crippen LogP contribution < -0.4 is 10.6 Å². The van der Waals surface area contributed by atoms with E-state index in [0.717, 1.165) is 16.7 Å². The van der Waals surface area contributed by atoms with E-state index in [1.165, 1.54) is 0 Å². The maximum absolute atomic E-state index is 12.1. The molecule has 0 aliphatic carbocycles. The monoisotopic (exact) mass is 412 g/mol. The minimum atomic E-state index is -1.14. The zero-order valence-electron chi connectivity index (χ0n) is 17.5. The molecule has 0 aromatic heterocycles. The highest BCUT2D eigenvalue weighted by molar-refractivity contribution is 5.86. The molecule has 0 aliphatic heterocycles. The summed E-state index contributed by atoms with van der Waals surface area (Å²) in [7, 11) is 0. The van der Waals surface area contributed by atoms with E-state index in [0.29, 0.717) is 0 Å². The van der Waals surface area contributed by atoms with Crippen LogP contribution in [0.5, 0.6) is 0 Å². The Bertz CT molecular complexity index is 857. The third-order valence-corrected chi connectivity index (χ3v) is 4.50. The van der Waals surface area contributed by atoms with Crippen LogP contribution in [0, 0.1) is 0 Å². The van der Waals surface area contributed by atoms with Crippen LogP contribution in [-0.4, -0.2) is 35.7 Å². The van der Waals surface area contributed by atoms with Crippen molar-refractivity contribution in [1.82, 2.24) is 10.6 Å². The third kappa shape index (κ3) is 7.58. The van der Waals surface area contributed by atoms with Crippen molar-refractivity contribution >= 4 is 18.0 Å². The molecule has 2 amide bonds. The largest absolute Gasteiger partial charge is 0.480 e. The molecule has 7 nitrogen and oxygen atoms in total. The topological polar surface area (TPSA) is 105 Å². The zero-order valence-corrected chi connectivity index (χ0v) is 17.5. The standard InChI is InChI=1S/C23H28N2O5/c1-23(2,3)18-11-9-16(10-12-18)13-19(21(27)28)25-20(26)14-24-22(29)30-15-17-7-5-4-6-8-17/h4-12,19H,13-15H2,1-3H3,(H,24,29)(H,25,26)(H,27,28)/t19-/m0/s1. The van der Waals surface area contributed by atoms with Crippen LogP contribution in [0.4, 0.5) is 4.79 Å². The summed E-state index contributed by atoms with van der Waals surface area (Å²) in [6, 6.07) is 15.7. The molecule has 3 N–H and O–H groups in total. The molecule has 0 spiro atoms. The van der Waals surface area contributed by atoms with Gasteiger partial charge in [-0.1, -0.05) is 75.4 Å². The van der Waals surface area contributed by atoms with Crippen molar-refractivity contribution in [2.24, 2.45) is 0 Å². The molecule has 1 atom stereocenters. The van der Waals surface area contributed by atoms with Crippen LogP contribution in [0.15, 0.2) is 54.6 Å². The van der Waals surface area contributed by atoms with Crippen molar-refractivity contribution in [2.45, 2.75) is 45.3 Å². The van der Waals surface area contributed by atoms with E-state index in [-0.39, 0.29) is 25.0 Å². The van der Waals surface area contributed by atoms with Gasteiger partial charge in [-0.2, -0.15) is 0 Å². The number of carboxylic acid groups (broad SMARTS) is 1. The van der Waals surface area contributed by atoms with Gasteiger partial charge in [-0.05, 0) is 22.1 Å². The molecule has 0 saturated carbocycles. The maximum atomic E-state index is 12.1. The molecule has 0 bridgehead atoms. The van der Waals surface area contributed by atoms with E-state index in [2.05, 4.69) is 31.4 Å². The van der Waals surface area contributed by atoms with Crippen LogP contribution in [0.1, 0.15) is 37.5 Å². The number of nitrogens with one attached hydrogen (secondary N) is 2. The van der Waals surface area contributed by atoms with Crippen LogP contribution in [0.25, 0.3) is 0 Å². The van der Waals surface area contributed by atoms with Gasteiger partial charge in [-0.3, -0.25) is 4.79 Å². The molecule has 0 radical (unpaired) electrons. The SMILES string of the molecule is CC(C)(C)c1ccc(C[C@H](NC(=O)CNC(=O)OCc2ccccc2)C(=O)O)cc1. The first-order chi connectivity index (χ1) is 14.1. The summed E-state index contributed by atoms with van der Waals surface area (Å²) in [6.07, 6.45) is -0.608. The van der Waals surface area contributed by atoms with E-state index in [1.807, 2.05) is 54.6 Å². The lowest BCUT2D eigenvalue weighted by Crippen LogP contribution is -2.46. The zero-order chi connectivity index (χ0) is 22.1. The molecule has 0 unspecified atom stereocenters. The van der Waals surface area contributed by atoms with Crippen LogP contribution >= 0.6 is 0 Å². The number of aliphatic carboxylic acids is 1. The maximum Gasteiger partial charge on any atom is 0.407 e. The van der Waals surface area contributed by atoms with Crippen LogP contribution in [0.3, 0.4) is 0 Å². The first kappa shape index (κ1) is 22.9. The Morgan fingerprint density at radius 2 is 1.60 bits per heavy atom. The Labute approximate surface area is 176 Å². The Morgan fingerprint density at radius 3 is 2.17 bits per heavy atom. The Kier molecular flexibility index (Phi) is 7.98. The van der Waals surface area contributed by atoms with Gasteiger partial charge in [-0.15, -0.1) is 0 Å². The lowest BCUT2D eigenvalue weighted by molar-refractivity contribution is -0.141. The molecule has 160 valence electrons. The predicted molar refractivity (Wildman–Crippen MR) is 113 cm³/mol. The van der Waals surface area contributed by atoms with Gasteiger partial charge in [0.25, 0.3) is 0 Å². The summed E-state index contributed by atoms with van der Waals surface area (Å²) in [5.74, 6) is -1.75. The number of hydrogen-bond acceptors (Lipinski definition) is 4. The number of amides is 2. The first-order valence-corrected chi connectivity index (χ1v) is 9.71. The van der Waals surface area contributed by atoms with Gasteiger partial charge in [-0.25, -0.2) is 9.59 Å². The fourth-order valence-corrected chi connectivity index (χ4v) is 2.75. The van der Waals surface area contributed by atoms with E-state index in [4.69, 9.17) is 4.74 Å². The number of alkyl carbamates (subject to hydrolysis) is 1. The highest BCUT2D eigenvalue weighted by Crippen LogP contribution is 2.22. The second kappa shape index (κ2) is 10.4. The molecule has 2 aromatic carbocycles. The molecular weight excluding hydrogens is 384 g/mol. The average molecular weight is 412 g/mol. The highest BCUT2D eigenvalue weighted by Gasteiger charge is 2.21. The third-order valence-electron chi connectivity index (χ3n) is 4.50. The molecule has 2 rings (SSSR count). The van der Waals surface area contributed by atoms with Crippen molar-refractivity contribution in [3.8, 4) is 0 Å². The summed E-state index contributed by atoms with van der Waals surface area (Å²) < 4.78 is 5.02. The molecule has 2 aromatic rings. The van der Waals surface area contributed by atoms with Crippen molar-refractivity contribution in [1.29, 1.82) is 0 Å². The second-order valence-electron chi connectivity index (χ2n) is 8.02. The minimum absolute atomic E-state index is 0.000264. The van der Waals surface area contributed by atoms with E-state index < -0.39 is 24.0 Å². The van der Waals surface area contributed by atoms with Gasteiger partial charge in [0.1, 0.15) is 19.2 Å². The first-order valence-electron chi connectivity index (χ1n) is 9.71. The summed E-state index contributed by atoms with van der Waals surface area (Å²) in [4.78, 5) is 35.3. The van der Waals surface area contributed by atoms with E-state index in [9.17, 15) is 19.5 Å². The number of hydrogen-bond donors (Lipinski definition) is 3. The molecule has 0 saturated heterocycles. The molecular formula is C23H28N2O5. The van der Waals surface area contributed by atoms with Crippen molar-refractivity contribution in [3.05, 3.63) is 71.3 Å². The van der Waals surface area contributed by atoms with Crippen molar-refractivity contribution in [3.63, 3.8) is 0 Å². The van der Waals surface area contributed by atoms with E-state index in [1.54, 1.807) is 0 Å². The molecule has 0 aliphatic rings. The highest BCUT2D eigenvalue weighted by atomic mass is 16.5. The van der Waals surface area contributed by atoms with Gasteiger partial charge < -0.3 is 20.5 Å². The minimum Gasteiger partial charge on any atom is -0.480 e. The molecule has 0 heterocycles. The van der Waals surface area contributed by atoms with Gasteiger partial charge in [0, 0.05) is 6.42 Å². The van der Waals surface area contributed by atoms with Crippen molar-refractivity contribution < 1.29 is 24.2 Å². The Balaban J connectivity index is 1.82. The van der Waals surface area contributed by atoms with Crippen LogP contribution in [-0.2, 0) is 32.8 Å². The average Bonchev–Trinajstić information content (AvgIpc) is 2.70. The lowest BCUT2D eigenvalue weighted by Gasteiger charge is -2.20. The Hall–Kier alpha value is -3.35. The smallest absolute Gasteiger partial charge is 0.407 e. The number of carbonyl (C=O) groups is 3. The molecule has 7 heteroatoms. The van der Waals surface area contributed by atoms with Gasteiger partial charge in [0.2, 0.25) is 5.91 Å². The molecule has 30 heavy (non-hydrogen) atoms. The Morgan fingerprint density at radius 1 is 0.967 bits per heavy atom. The fraction of sp³-hybridized carbons (Fsp3) is 0.348. The number of carbonyl (C=O) groups excluding carboxylic acids is 2. The van der Waals surface area contributed by atoms with E-state index >= 15 is 0 Å². The quantitative estimate of drug-likeness (QED) is 0.618. The summed E-state index contributed by atoms with van der Waals surface area (Å²) in [5, 5.41) is 14.2. The lowest BCUT2D eigenvalue weighted by atomic mass is 9.86. The number of rotatable bonds is 8. The molecule has 0 fully saturated rings. The number of carboxylic acids is 1.